The van der Waals surface area contributed by atoms with Crippen LogP contribution in [0.1, 0.15) is 32.6 Å². The molecule has 0 aromatic rings. The predicted molar refractivity (Wildman–Crippen MR) is 82.2 cm³/mol. The minimum absolute atomic E-state index is 0.0406. The molecule has 0 spiro atoms. The van der Waals surface area contributed by atoms with Gasteiger partial charge in [0.1, 0.15) is 12.6 Å². The Bertz CT molecular complexity index is 314. The number of nitrogens with zero attached hydrogens (tertiary/aromatic N) is 1. The van der Waals surface area contributed by atoms with Crippen molar-refractivity contribution in [2.45, 2.75) is 38.7 Å². The van der Waals surface area contributed by atoms with Crippen LogP contribution in [-0.2, 0) is 16.3 Å². The van der Waals surface area contributed by atoms with E-state index in [1.165, 1.54) is 19.3 Å². The third kappa shape index (κ3) is 6.36. The Morgan fingerprint density at radius 2 is 1.94 bits per heavy atom. The molecule has 0 saturated heterocycles. The third-order valence-corrected chi connectivity index (χ3v) is 4.73. The molecule has 4 unspecified atom stereocenters. The van der Waals surface area contributed by atoms with Crippen LogP contribution in [0.4, 0.5) is 0 Å². The largest absolute Gasteiger partial charge is 0.793 e. The standard InChI is InChI=1S/C12H26NO2PS2/c1-10-7-5-6-8-11(10)12(9-13(2,3)4)15-16(14,17)18/h10-12H,5-9H2,1-4H3,(H-,14,17,18). The molecule has 0 radical (unpaired) electrons. The van der Waals surface area contributed by atoms with Gasteiger partial charge in [-0.15, -0.1) is 12.2 Å². The zero-order chi connectivity index (χ0) is 14.0. The van der Waals surface area contributed by atoms with Crippen molar-refractivity contribution in [1.29, 1.82) is 0 Å². The predicted octanol–water partition coefficient (Wildman–Crippen LogP) is 2.42. The van der Waals surface area contributed by atoms with E-state index < -0.39 is 5.69 Å². The lowest BCUT2D eigenvalue weighted by Crippen LogP contribution is -2.46. The van der Waals surface area contributed by atoms with Gasteiger partial charge in [0.25, 0.3) is 0 Å². The van der Waals surface area contributed by atoms with Crippen LogP contribution in [0.3, 0.4) is 0 Å². The minimum Gasteiger partial charge on any atom is -0.793 e. The minimum atomic E-state index is -3.13. The second-order valence-electron chi connectivity index (χ2n) is 6.51. The summed E-state index contributed by atoms with van der Waals surface area (Å²) in [5, 5.41) is 0. The van der Waals surface area contributed by atoms with Crippen LogP contribution >= 0.6 is 17.9 Å². The molecule has 1 saturated carbocycles. The SMILES string of the molecule is CC1CCCCC1C(C[N+](C)(C)C)OP([O-])(=S)S. The fourth-order valence-corrected chi connectivity index (χ4v) is 4.12. The molecule has 0 aliphatic heterocycles. The molecule has 18 heavy (non-hydrogen) atoms. The lowest BCUT2D eigenvalue weighted by atomic mass is 9.77. The average Bonchev–Trinajstić information content (AvgIpc) is 2.12. The van der Waals surface area contributed by atoms with Crippen molar-refractivity contribution in [2.75, 3.05) is 27.7 Å². The number of likely N-dealkylation sites (N-methyl/N-ethyl adjacent to an activating group) is 1. The summed E-state index contributed by atoms with van der Waals surface area (Å²) in [5.41, 5.74) is -3.13. The molecule has 108 valence electrons. The Balaban J connectivity index is 2.78. The van der Waals surface area contributed by atoms with Gasteiger partial charge in [-0.05, 0) is 18.3 Å². The fourth-order valence-electron chi connectivity index (χ4n) is 2.86. The van der Waals surface area contributed by atoms with Gasteiger partial charge >= 0.3 is 0 Å². The van der Waals surface area contributed by atoms with E-state index in [9.17, 15) is 4.89 Å². The number of thiol groups is 1. The van der Waals surface area contributed by atoms with Gasteiger partial charge in [-0.2, -0.15) is 0 Å². The highest BCUT2D eigenvalue weighted by Gasteiger charge is 2.34. The zero-order valence-corrected chi connectivity index (χ0v) is 14.4. The van der Waals surface area contributed by atoms with Crippen LogP contribution < -0.4 is 4.89 Å². The van der Waals surface area contributed by atoms with Gasteiger partial charge < -0.3 is 13.9 Å². The Morgan fingerprint density at radius 3 is 2.39 bits per heavy atom. The second kappa shape index (κ2) is 6.55. The molecular formula is C12H26NO2PS2. The van der Waals surface area contributed by atoms with E-state index >= 15 is 0 Å². The quantitative estimate of drug-likeness (QED) is 0.481. The van der Waals surface area contributed by atoms with Gasteiger partial charge in [0.05, 0.1) is 21.1 Å². The first-order chi connectivity index (χ1) is 8.08. The summed E-state index contributed by atoms with van der Waals surface area (Å²) in [6.07, 6.45) is 4.87. The van der Waals surface area contributed by atoms with Gasteiger partial charge in [0.2, 0.25) is 0 Å². The number of quaternary nitrogens is 1. The summed E-state index contributed by atoms with van der Waals surface area (Å²) in [4.78, 5) is 11.7. The molecule has 1 aliphatic rings. The molecule has 6 heteroatoms. The van der Waals surface area contributed by atoms with Gasteiger partial charge in [0.15, 0.2) is 0 Å². The molecule has 0 aromatic carbocycles. The van der Waals surface area contributed by atoms with Crippen molar-refractivity contribution in [2.24, 2.45) is 11.8 Å². The third-order valence-electron chi connectivity index (χ3n) is 3.65. The van der Waals surface area contributed by atoms with E-state index in [0.717, 1.165) is 17.4 Å². The van der Waals surface area contributed by atoms with Gasteiger partial charge in [-0.25, -0.2) is 0 Å². The highest BCUT2D eigenvalue weighted by molar-refractivity contribution is 8.59. The topological polar surface area (TPSA) is 32.3 Å². The van der Waals surface area contributed by atoms with Crippen LogP contribution in [-0.4, -0.2) is 38.3 Å². The van der Waals surface area contributed by atoms with Gasteiger partial charge in [0, 0.05) is 5.69 Å². The molecule has 1 aliphatic carbocycles. The lowest BCUT2D eigenvalue weighted by molar-refractivity contribution is -0.873. The first kappa shape index (κ1) is 16.9. The molecule has 0 heterocycles. The number of hydrogen-bond donors (Lipinski definition) is 1. The smallest absolute Gasteiger partial charge is 0.114 e. The van der Waals surface area contributed by atoms with Crippen molar-refractivity contribution in [1.82, 2.24) is 0 Å². The monoisotopic (exact) mass is 311 g/mol. The Hall–Kier alpha value is 0.880. The van der Waals surface area contributed by atoms with E-state index in [2.05, 4.69) is 40.3 Å². The van der Waals surface area contributed by atoms with Crippen LogP contribution in [0, 0.1) is 11.8 Å². The number of rotatable bonds is 5. The van der Waals surface area contributed by atoms with E-state index in [1.807, 2.05) is 0 Å². The van der Waals surface area contributed by atoms with Crippen molar-refractivity contribution in [3.8, 4) is 0 Å². The Morgan fingerprint density at radius 1 is 1.39 bits per heavy atom. The molecule has 0 bridgehead atoms. The van der Waals surface area contributed by atoms with Crippen molar-refractivity contribution < 1.29 is 13.9 Å². The van der Waals surface area contributed by atoms with Crippen molar-refractivity contribution in [3.05, 3.63) is 0 Å². The molecule has 3 nitrogen and oxygen atoms in total. The first-order valence-corrected chi connectivity index (χ1v) is 10.4. The molecular weight excluding hydrogens is 285 g/mol. The van der Waals surface area contributed by atoms with E-state index in [4.69, 9.17) is 16.3 Å². The Kier molecular flexibility index (Phi) is 6.17. The molecule has 0 amide bonds. The van der Waals surface area contributed by atoms with Crippen LogP contribution in [0.15, 0.2) is 0 Å². The van der Waals surface area contributed by atoms with Gasteiger partial charge in [-0.1, -0.05) is 38.0 Å². The summed E-state index contributed by atoms with van der Waals surface area (Å²) in [6, 6.07) is 0. The van der Waals surface area contributed by atoms with Crippen molar-refractivity contribution in [3.63, 3.8) is 0 Å². The highest BCUT2D eigenvalue weighted by atomic mass is 32.9. The van der Waals surface area contributed by atoms with Crippen molar-refractivity contribution >= 4 is 29.7 Å². The zero-order valence-electron chi connectivity index (χ0n) is 11.8. The normalized spacial score (nSPS) is 30.8. The average molecular weight is 311 g/mol. The summed E-state index contributed by atoms with van der Waals surface area (Å²) < 4.78 is 6.43. The molecule has 1 fully saturated rings. The Labute approximate surface area is 122 Å². The van der Waals surface area contributed by atoms with Crippen LogP contribution in [0.5, 0.6) is 0 Å². The van der Waals surface area contributed by atoms with Gasteiger partial charge in [-0.3, -0.25) is 0 Å². The maximum absolute atomic E-state index is 11.7. The maximum atomic E-state index is 11.7. The second-order valence-corrected chi connectivity index (χ2v) is 11.5. The lowest BCUT2D eigenvalue weighted by Gasteiger charge is -2.41. The maximum Gasteiger partial charge on any atom is 0.114 e. The summed E-state index contributed by atoms with van der Waals surface area (Å²) in [5.74, 6) is 1.07. The summed E-state index contributed by atoms with van der Waals surface area (Å²) in [7, 11) is 6.37. The summed E-state index contributed by atoms with van der Waals surface area (Å²) in [6.45, 7) is 3.10. The van der Waals surface area contributed by atoms with E-state index in [1.54, 1.807) is 0 Å². The van der Waals surface area contributed by atoms with Crippen LogP contribution in [0.2, 0.25) is 0 Å². The molecule has 4 atom stereocenters. The van der Waals surface area contributed by atoms with E-state index in [-0.39, 0.29) is 6.10 Å². The number of hydrogen-bond acceptors (Lipinski definition) is 3. The highest BCUT2D eigenvalue weighted by Crippen LogP contribution is 2.47. The van der Waals surface area contributed by atoms with E-state index in [0.29, 0.717) is 11.8 Å². The molecule has 0 aromatic heterocycles. The van der Waals surface area contributed by atoms with Crippen LogP contribution in [0.25, 0.3) is 0 Å². The fraction of sp³-hybridized carbons (Fsp3) is 1.00. The first-order valence-electron chi connectivity index (χ1n) is 6.61. The molecule has 0 N–H and O–H groups in total. The summed E-state index contributed by atoms with van der Waals surface area (Å²) >= 11 is 8.78. The molecule has 1 rings (SSSR count).